The lowest BCUT2D eigenvalue weighted by atomic mass is 10.2. The van der Waals surface area contributed by atoms with Crippen LogP contribution in [-0.4, -0.2) is 61.9 Å². The average Bonchev–Trinajstić information content (AvgIpc) is 2.38. The van der Waals surface area contributed by atoms with Gasteiger partial charge in [-0.05, 0) is 19.4 Å². The first kappa shape index (κ1) is 14.2. The maximum atomic E-state index is 8.35. The van der Waals surface area contributed by atoms with E-state index in [2.05, 4.69) is 15.4 Å². The van der Waals surface area contributed by atoms with Gasteiger partial charge in [0.25, 0.3) is 0 Å². The number of nitrogens with two attached hydrogens (primary N) is 1. The minimum absolute atomic E-state index is 0.318. The fourth-order valence-corrected chi connectivity index (χ4v) is 1.79. The van der Waals surface area contributed by atoms with E-state index in [1.807, 2.05) is 0 Å². The number of hydrogen-bond acceptors (Lipinski definition) is 5. The highest BCUT2D eigenvalue weighted by molar-refractivity contribution is 5.79. The van der Waals surface area contributed by atoms with Crippen molar-refractivity contribution in [3.63, 3.8) is 0 Å². The van der Waals surface area contributed by atoms with Crippen molar-refractivity contribution in [3.05, 3.63) is 0 Å². The maximum Gasteiger partial charge on any atom is 0.139 e. The number of amidine groups is 1. The summed E-state index contributed by atoms with van der Waals surface area (Å²) in [6.07, 6.45) is 2.68. The van der Waals surface area contributed by atoms with Crippen LogP contribution < -0.4 is 11.1 Å². The molecule has 1 rings (SSSR count). The van der Waals surface area contributed by atoms with Gasteiger partial charge in [-0.15, -0.1) is 0 Å². The van der Waals surface area contributed by atoms with Crippen LogP contribution >= 0.6 is 0 Å². The molecule has 6 nitrogen and oxygen atoms in total. The highest BCUT2D eigenvalue weighted by atomic mass is 16.5. The normalized spacial score (nSPS) is 18.5. The van der Waals surface area contributed by atoms with Crippen LogP contribution in [0.5, 0.6) is 0 Å². The summed E-state index contributed by atoms with van der Waals surface area (Å²) in [6, 6.07) is 0. The summed E-state index contributed by atoms with van der Waals surface area (Å²) in [5.74, 6) is 0.318. The number of hydrogen-bond donors (Lipinski definition) is 3. The van der Waals surface area contributed by atoms with E-state index < -0.39 is 0 Å². The molecule has 0 aromatic heterocycles. The molecule has 0 unspecified atom stereocenters. The number of ether oxygens (including phenoxy) is 1. The molecule has 17 heavy (non-hydrogen) atoms. The molecule has 0 aromatic rings. The highest BCUT2D eigenvalue weighted by Crippen LogP contribution is 1.96. The van der Waals surface area contributed by atoms with Crippen molar-refractivity contribution < 1.29 is 9.94 Å². The Labute approximate surface area is 103 Å². The van der Waals surface area contributed by atoms with Crippen LogP contribution in [0.3, 0.4) is 0 Å². The van der Waals surface area contributed by atoms with Crippen LogP contribution in [0.2, 0.25) is 0 Å². The fraction of sp³-hybridized carbons (Fsp3) is 0.909. The second kappa shape index (κ2) is 9.21. The minimum atomic E-state index is 0.318. The Hall–Kier alpha value is -0.850. The van der Waals surface area contributed by atoms with Crippen LogP contribution in [0.4, 0.5) is 0 Å². The van der Waals surface area contributed by atoms with Gasteiger partial charge in [0.1, 0.15) is 5.84 Å². The van der Waals surface area contributed by atoms with E-state index in [1.165, 1.54) is 0 Å². The predicted molar refractivity (Wildman–Crippen MR) is 67.4 cm³/mol. The van der Waals surface area contributed by atoms with Crippen molar-refractivity contribution in [1.29, 1.82) is 0 Å². The van der Waals surface area contributed by atoms with E-state index in [0.717, 1.165) is 58.8 Å². The first-order valence-corrected chi connectivity index (χ1v) is 6.30. The van der Waals surface area contributed by atoms with Crippen molar-refractivity contribution in [2.75, 3.05) is 45.9 Å². The Kier molecular flexibility index (Phi) is 7.70. The van der Waals surface area contributed by atoms with E-state index in [-0.39, 0.29) is 0 Å². The molecule has 0 aromatic carbocycles. The number of rotatable bonds is 8. The lowest BCUT2D eigenvalue weighted by molar-refractivity contribution is 0.0384. The lowest BCUT2D eigenvalue weighted by Crippen LogP contribution is -2.40. The van der Waals surface area contributed by atoms with E-state index in [0.29, 0.717) is 12.3 Å². The van der Waals surface area contributed by atoms with Gasteiger partial charge >= 0.3 is 0 Å². The lowest BCUT2D eigenvalue weighted by Gasteiger charge is -2.26. The topological polar surface area (TPSA) is 83.1 Å². The molecule has 0 amide bonds. The van der Waals surface area contributed by atoms with Gasteiger partial charge in [-0.2, -0.15) is 0 Å². The number of morpholine rings is 1. The SMILES string of the molecule is NC(CCCCNCCN1CCOCC1)=NO. The van der Waals surface area contributed by atoms with E-state index in [4.69, 9.17) is 15.7 Å². The zero-order valence-electron chi connectivity index (χ0n) is 10.4. The molecule has 100 valence electrons. The average molecular weight is 244 g/mol. The summed E-state index contributed by atoms with van der Waals surface area (Å²) in [5, 5.41) is 14.7. The molecular weight excluding hydrogens is 220 g/mol. The third-order valence-corrected chi connectivity index (χ3v) is 2.87. The van der Waals surface area contributed by atoms with Crippen molar-refractivity contribution in [1.82, 2.24) is 10.2 Å². The van der Waals surface area contributed by atoms with Gasteiger partial charge in [0.2, 0.25) is 0 Å². The van der Waals surface area contributed by atoms with Crippen LogP contribution in [0.1, 0.15) is 19.3 Å². The summed E-state index contributed by atoms with van der Waals surface area (Å²) in [5.41, 5.74) is 5.37. The van der Waals surface area contributed by atoms with Crippen molar-refractivity contribution in [2.45, 2.75) is 19.3 Å². The predicted octanol–water partition coefficient (Wildman–Crippen LogP) is -0.175. The fourth-order valence-electron chi connectivity index (χ4n) is 1.79. The van der Waals surface area contributed by atoms with Gasteiger partial charge in [0, 0.05) is 32.6 Å². The largest absolute Gasteiger partial charge is 0.409 e. The molecule has 0 spiro atoms. The number of nitrogens with one attached hydrogen (secondary N) is 1. The van der Waals surface area contributed by atoms with Gasteiger partial charge in [0.05, 0.1) is 13.2 Å². The third-order valence-electron chi connectivity index (χ3n) is 2.87. The molecule has 0 saturated carbocycles. The summed E-state index contributed by atoms with van der Waals surface area (Å²) in [6.45, 7) is 6.91. The summed E-state index contributed by atoms with van der Waals surface area (Å²) in [4.78, 5) is 2.41. The molecule has 0 aliphatic carbocycles. The molecular formula is C11H24N4O2. The standard InChI is InChI=1S/C11H24N4O2/c12-11(14-16)3-1-2-4-13-5-6-15-7-9-17-10-8-15/h13,16H,1-10H2,(H2,12,14). The van der Waals surface area contributed by atoms with Crippen molar-refractivity contribution in [2.24, 2.45) is 10.9 Å². The van der Waals surface area contributed by atoms with Crippen molar-refractivity contribution >= 4 is 5.84 Å². The van der Waals surface area contributed by atoms with Crippen LogP contribution in [0.25, 0.3) is 0 Å². The first-order valence-electron chi connectivity index (χ1n) is 6.30. The Morgan fingerprint density at radius 2 is 2.06 bits per heavy atom. The Morgan fingerprint density at radius 3 is 2.76 bits per heavy atom. The Balaban J connectivity index is 1.84. The monoisotopic (exact) mass is 244 g/mol. The third kappa shape index (κ3) is 7.14. The molecule has 1 fully saturated rings. The van der Waals surface area contributed by atoms with Gasteiger partial charge < -0.3 is 21.0 Å². The minimum Gasteiger partial charge on any atom is -0.409 e. The summed E-state index contributed by atoms with van der Waals surface area (Å²) < 4.78 is 5.29. The molecule has 1 saturated heterocycles. The highest BCUT2D eigenvalue weighted by Gasteiger charge is 2.08. The number of unbranched alkanes of at least 4 members (excludes halogenated alkanes) is 1. The molecule has 0 radical (unpaired) electrons. The van der Waals surface area contributed by atoms with E-state index in [9.17, 15) is 0 Å². The number of nitrogens with zero attached hydrogens (tertiary/aromatic N) is 2. The molecule has 4 N–H and O–H groups in total. The maximum absolute atomic E-state index is 8.35. The van der Waals surface area contributed by atoms with Crippen molar-refractivity contribution in [3.8, 4) is 0 Å². The summed E-state index contributed by atoms with van der Waals surface area (Å²) in [7, 11) is 0. The van der Waals surface area contributed by atoms with E-state index in [1.54, 1.807) is 0 Å². The van der Waals surface area contributed by atoms with Gasteiger partial charge in [-0.1, -0.05) is 5.16 Å². The molecule has 1 aliphatic rings. The van der Waals surface area contributed by atoms with Crippen LogP contribution in [0, 0.1) is 0 Å². The zero-order chi connectivity index (χ0) is 12.3. The van der Waals surface area contributed by atoms with Gasteiger partial charge in [-0.25, -0.2) is 0 Å². The molecule has 1 heterocycles. The summed E-state index contributed by atoms with van der Waals surface area (Å²) >= 11 is 0. The Morgan fingerprint density at radius 1 is 1.29 bits per heavy atom. The molecule has 6 heteroatoms. The van der Waals surface area contributed by atoms with Crippen LogP contribution in [0.15, 0.2) is 5.16 Å². The Bertz CT molecular complexity index is 218. The number of oxime groups is 1. The molecule has 0 bridgehead atoms. The first-order chi connectivity index (χ1) is 8.33. The zero-order valence-corrected chi connectivity index (χ0v) is 10.4. The quantitative estimate of drug-likeness (QED) is 0.181. The molecule has 0 atom stereocenters. The van der Waals surface area contributed by atoms with Gasteiger partial charge in [-0.3, -0.25) is 4.90 Å². The van der Waals surface area contributed by atoms with Crippen LogP contribution in [-0.2, 0) is 4.74 Å². The van der Waals surface area contributed by atoms with Gasteiger partial charge in [0.15, 0.2) is 0 Å². The second-order valence-electron chi connectivity index (χ2n) is 4.25. The van der Waals surface area contributed by atoms with E-state index >= 15 is 0 Å². The second-order valence-corrected chi connectivity index (χ2v) is 4.25. The molecule has 1 aliphatic heterocycles. The smallest absolute Gasteiger partial charge is 0.139 e.